The van der Waals surface area contributed by atoms with Crippen molar-refractivity contribution < 1.29 is 58.2 Å². The van der Waals surface area contributed by atoms with Crippen LogP contribution in [0.15, 0.2) is 12.4 Å². The number of nitrogens with zero attached hydrogens (tertiary/aromatic N) is 2. The molecule has 0 atom stereocenters. The molecule has 1 rings (SSSR count). The Morgan fingerprint density at radius 2 is 2.00 bits per heavy atom. The summed E-state index contributed by atoms with van der Waals surface area (Å²) in [6.45, 7) is 5.96. The molecule has 0 spiro atoms. The Morgan fingerprint density at radius 3 is 2.11 bits per heavy atom. The second kappa shape index (κ2) is 9.02. The Balaban J connectivity index is 0. The van der Waals surface area contributed by atoms with E-state index in [4.69, 9.17) is 0 Å². The molecule has 0 aliphatic rings. The molecule has 1 heterocycles. The standard InChI is InChI=1S/C4H5N2.C2H6.Rb/c1-4-2-5-6-3-4;1-2;/h2-3H,1H3;1-2H3;/q-1;;+1. The summed E-state index contributed by atoms with van der Waals surface area (Å²) in [5.41, 5.74) is 1.12. The molecule has 0 unspecified atom stereocenters. The molecule has 0 aliphatic heterocycles. The van der Waals surface area contributed by atoms with Crippen molar-refractivity contribution in [2.75, 3.05) is 0 Å². The predicted molar refractivity (Wildman–Crippen MR) is 33.6 cm³/mol. The topological polar surface area (TPSA) is 27.0 Å². The fourth-order valence-corrected chi connectivity index (χ4v) is 0.282. The van der Waals surface area contributed by atoms with Crippen LogP contribution in [0.4, 0.5) is 0 Å². The van der Waals surface area contributed by atoms with Crippen LogP contribution in [0.5, 0.6) is 0 Å². The third-order valence-corrected chi connectivity index (χ3v) is 0.589. The molecule has 1 aromatic heterocycles. The largest absolute Gasteiger partial charge is 1.00 e. The van der Waals surface area contributed by atoms with E-state index in [2.05, 4.69) is 10.2 Å². The molecule has 0 N–H and O–H groups in total. The van der Waals surface area contributed by atoms with Gasteiger partial charge in [0.05, 0.1) is 0 Å². The van der Waals surface area contributed by atoms with Gasteiger partial charge in [-0.2, -0.15) is 6.20 Å². The summed E-state index contributed by atoms with van der Waals surface area (Å²) >= 11 is 0. The smallest absolute Gasteiger partial charge is 0.582 e. The summed E-state index contributed by atoms with van der Waals surface area (Å²) in [6.07, 6.45) is 3.44. The molecule has 3 heteroatoms. The quantitative estimate of drug-likeness (QED) is 0.499. The van der Waals surface area contributed by atoms with Crippen molar-refractivity contribution in [3.63, 3.8) is 0 Å². The molecule has 9 heavy (non-hydrogen) atoms. The van der Waals surface area contributed by atoms with Crippen molar-refractivity contribution in [2.45, 2.75) is 20.8 Å². The molecular weight excluding hydrogens is 186 g/mol. The zero-order chi connectivity index (χ0) is 6.41. The maximum atomic E-state index is 3.57. The Hall–Kier alpha value is 1.02. The number of rotatable bonds is 0. The van der Waals surface area contributed by atoms with Crippen LogP contribution >= 0.6 is 0 Å². The first kappa shape index (κ1) is 12.7. The van der Waals surface area contributed by atoms with Crippen LogP contribution in [0.25, 0.3) is 0 Å². The molecule has 2 nitrogen and oxygen atoms in total. The monoisotopic (exact) mass is 196 g/mol. The summed E-state index contributed by atoms with van der Waals surface area (Å²) in [5, 5.41) is 7.14. The van der Waals surface area contributed by atoms with Gasteiger partial charge in [0.1, 0.15) is 0 Å². The van der Waals surface area contributed by atoms with E-state index in [1.807, 2.05) is 20.8 Å². The van der Waals surface area contributed by atoms with Gasteiger partial charge < -0.3 is 10.2 Å². The molecule has 0 saturated carbocycles. The fourth-order valence-electron chi connectivity index (χ4n) is 0.282. The van der Waals surface area contributed by atoms with Crippen LogP contribution in [-0.4, -0.2) is 5.10 Å². The van der Waals surface area contributed by atoms with E-state index in [1.165, 1.54) is 0 Å². The average Bonchev–Trinajstić information content (AvgIpc) is 2.24. The Kier molecular flexibility index (Phi) is 12.7. The van der Waals surface area contributed by atoms with Gasteiger partial charge in [0.15, 0.2) is 0 Å². The Morgan fingerprint density at radius 1 is 1.44 bits per heavy atom. The first-order chi connectivity index (χ1) is 3.89. The van der Waals surface area contributed by atoms with Crippen molar-refractivity contribution in [3.05, 3.63) is 18.0 Å². The molecule has 0 aliphatic carbocycles. The minimum Gasteiger partial charge on any atom is -0.582 e. The van der Waals surface area contributed by atoms with E-state index >= 15 is 0 Å². The first-order valence-electron chi connectivity index (χ1n) is 2.79. The zero-order valence-electron chi connectivity index (χ0n) is 6.55. The van der Waals surface area contributed by atoms with E-state index in [0.29, 0.717) is 0 Å². The summed E-state index contributed by atoms with van der Waals surface area (Å²) in [7, 11) is 0. The van der Waals surface area contributed by atoms with Gasteiger partial charge in [-0.25, -0.2) is 0 Å². The minimum atomic E-state index is 0. The molecule has 46 valence electrons. The molecule has 0 bridgehead atoms. The molecule has 1 aromatic rings. The molecule has 0 amide bonds. The summed E-state index contributed by atoms with van der Waals surface area (Å²) < 4.78 is 0. The van der Waals surface area contributed by atoms with Crippen LogP contribution in [0.2, 0.25) is 0 Å². The van der Waals surface area contributed by atoms with Gasteiger partial charge in [0, 0.05) is 6.20 Å². The van der Waals surface area contributed by atoms with Crippen molar-refractivity contribution >= 4 is 0 Å². The maximum Gasteiger partial charge on any atom is 1.00 e. The average molecular weight is 197 g/mol. The zero-order valence-corrected chi connectivity index (χ0v) is 11.5. The van der Waals surface area contributed by atoms with Crippen LogP contribution in [-0.2, 0) is 0 Å². The minimum absolute atomic E-state index is 0. The van der Waals surface area contributed by atoms with E-state index in [0.717, 1.165) is 5.56 Å². The van der Waals surface area contributed by atoms with Gasteiger partial charge in [-0.3, -0.25) is 0 Å². The third kappa shape index (κ3) is 6.91. The van der Waals surface area contributed by atoms with Gasteiger partial charge >= 0.3 is 58.2 Å². The van der Waals surface area contributed by atoms with Gasteiger partial charge in [-0.1, -0.05) is 19.4 Å². The number of aryl methyl sites for hydroxylation is 1. The molecule has 0 saturated heterocycles. The van der Waals surface area contributed by atoms with E-state index < -0.39 is 0 Å². The van der Waals surface area contributed by atoms with Crippen molar-refractivity contribution in [2.24, 2.45) is 0 Å². The van der Waals surface area contributed by atoms with Crippen molar-refractivity contribution in [3.8, 4) is 0 Å². The third-order valence-electron chi connectivity index (χ3n) is 0.589. The second-order valence-electron chi connectivity index (χ2n) is 1.23. The van der Waals surface area contributed by atoms with E-state index in [9.17, 15) is 0 Å². The van der Waals surface area contributed by atoms with Crippen molar-refractivity contribution in [1.82, 2.24) is 10.2 Å². The van der Waals surface area contributed by atoms with Gasteiger partial charge in [-0.05, 0) is 6.92 Å². The fraction of sp³-hybridized carbons (Fsp3) is 0.500. The molecule has 0 radical (unpaired) electrons. The summed E-state index contributed by atoms with van der Waals surface area (Å²) in [6, 6.07) is 0. The Labute approximate surface area is 105 Å². The van der Waals surface area contributed by atoms with Crippen molar-refractivity contribution in [1.29, 1.82) is 0 Å². The van der Waals surface area contributed by atoms with Gasteiger partial charge in [0.2, 0.25) is 0 Å². The van der Waals surface area contributed by atoms with Gasteiger partial charge in [-0.15, -0.1) is 0 Å². The molecule has 0 aromatic carbocycles. The second-order valence-corrected chi connectivity index (χ2v) is 1.23. The summed E-state index contributed by atoms with van der Waals surface area (Å²) in [4.78, 5) is 0. The van der Waals surface area contributed by atoms with Crippen LogP contribution in [0.3, 0.4) is 0 Å². The SMILES string of the molecule is CC.Cc1cn[n-]c1.[Rb+]. The first-order valence-corrected chi connectivity index (χ1v) is 2.79. The number of hydrogen-bond donors (Lipinski definition) is 0. The number of aromatic nitrogens is 2. The van der Waals surface area contributed by atoms with E-state index in [-0.39, 0.29) is 58.2 Å². The van der Waals surface area contributed by atoms with Crippen LogP contribution in [0.1, 0.15) is 19.4 Å². The van der Waals surface area contributed by atoms with Crippen LogP contribution < -0.4 is 63.3 Å². The Bertz CT molecular complexity index is 115. The number of hydrogen-bond acceptors (Lipinski definition) is 1. The normalized spacial score (nSPS) is 6.56. The van der Waals surface area contributed by atoms with Crippen LogP contribution in [0, 0.1) is 6.92 Å². The predicted octanol–water partition coefficient (Wildman–Crippen LogP) is -1.62. The van der Waals surface area contributed by atoms with Gasteiger partial charge in [0.25, 0.3) is 0 Å². The summed E-state index contributed by atoms with van der Waals surface area (Å²) in [5.74, 6) is 0. The molecular formula is C6H11N2Rb. The molecule has 0 fully saturated rings. The van der Waals surface area contributed by atoms with E-state index in [1.54, 1.807) is 12.4 Å². The maximum absolute atomic E-state index is 3.57.